The van der Waals surface area contributed by atoms with Crippen molar-refractivity contribution < 1.29 is 9.90 Å². The summed E-state index contributed by atoms with van der Waals surface area (Å²) in [5.74, 6) is -0.621. The molecule has 1 aromatic heterocycles. The van der Waals surface area contributed by atoms with Crippen LogP contribution in [0.25, 0.3) is 5.69 Å². The Morgan fingerprint density at radius 3 is 2.06 bits per heavy atom. The summed E-state index contributed by atoms with van der Waals surface area (Å²) in [6, 6.07) is 26.2. The van der Waals surface area contributed by atoms with E-state index in [1.807, 2.05) is 32.0 Å². The van der Waals surface area contributed by atoms with Crippen LogP contribution in [0.1, 0.15) is 39.2 Å². The number of hydrazone groups is 1. The summed E-state index contributed by atoms with van der Waals surface area (Å²) >= 11 is 0. The summed E-state index contributed by atoms with van der Waals surface area (Å²) < 4.78 is 2.19. The average Bonchev–Trinajstić information content (AvgIpc) is 3.13. The molecule has 4 aromatic rings. The molecule has 0 fully saturated rings. The number of carbonyl (C=O) groups is 1. The largest absolute Gasteiger partial charge is 0.372 e. The number of amides is 1. The minimum atomic E-state index is -1.87. The summed E-state index contributed by atoms with van der Waals surface area (Å²) in [6.45, 7) is 8.25. The van der Waals surface area contributed by atoms with Gasteiger partial charge in [0.1, 0.15) is 0 Å². The van der Waals surface area contributed by atoms with Crippen molar-refractivity contribution in [1.29, 1.82) is 0 Å². The number of nitrogens with one attached hydrogen (secondary N) is 1. The predicted molar refractivity (Wildman–Crippen MR) is 136 cm³/mol. The molecule has 0 spiro atoms. The summed E-state index contributed by atoms with van der Waals surface area (Å²) in [5, 5.41) is 15.7. The Bertz CT molecular complexity index is 1300. The van der Waals surface area contributed by atoms with Crippen LogP contribution in [-0.4, -0.2) is 21.8 Å². The Balaban J connectivity index is 1.63. The molecule has 0 atom stereocenters. The molecule has 0 bridgehead atoms. The van der Waals surface area contributed by atoms with Crippen LogP contribution in [0, 0.1) is 27.7 Å². The topological polar surface area (TPSA) is 66.6 Å². The molecule has 0 unspecified atom stereocenters. The highest BCUT2D eigenvalue weighted by molar-refractivity contribution is 5.91. The average molecular weight is 452 g/mol. The van der Waals surface area contributed by atoms with E-state index in [-0.39, 0.29) is 0 Å². The predicted octanol–water partition coefficient (Wildman–Crippen LogP) is 5.10. The fraction of sp³-hybridized carbons (Fsp3) is 0.172. The highest BCUT2D eigenvalue weighted by atomic mass is 16.3. The zero-order chi connectivity index (χ0) is 24.3. The molecule has 0 saturated heterocycles. The minimum Gasteiger partial charge on any atom is -0.372 e. The Kier molecular flexibility index (Phi) is 6.48. The van der Waals surface area contributed by atoms with Gasteiger partial charge in [-0.15, -0.1) is 0 Å². The maximum absolute atomic E-state index is 13.2. The number of aliphatic hydroxyl groups is 1. The lowest BCUT2D eigenvalue weighted by molar-refractivity contribution is -0.136. The Labute approximate surface area is 200 Å². The normalized spacial score (nSPS) is 11.7. The highest BCUT2D eigenvalue weighted by Crippen LogP contribution is 2.30. The van der Waals surface area contributed by atoms with E-state index in [1.165, 1.54) is 11.1 Å². The SMILES string of the molecule is Cc1ccc(C)c(-n2c(C)cc(/C=N/NC(=O)C(O)(c3ccccc3)c3ccccc3)c2C)c1. The first-order chi connectivity index (χ1) is 16.3. The third kappa shape index (κ3) is 4.30. The van der Waals surface area contributed by atoms with Crippen LogP contribution < -0.4 is 5.43 Å². The molecule has 2 N–H and O–H groups in total. The van der Waals surface area contributed by atoms with Gasteiger partial charge in [-0.05, 0) is 62.1 Å². The molecule has 0 aliphatic rings. The van der Waals surface area contributed by atoms with Crippen LogP contribution in [0.4, 0.5) is 0 Å². The molecule has 0 radical (unpaired) electrons. The molecular formula is C29H29N3O2. The van der Waals surface area contributed by atoms with Crippen LogP contribution in [0.15, 0.2) is 90.0 Å². The second kappa shape index (κ2) is 9.49. The maximum atomic E-state index is 13.2. The van der Waals surface area contributed by atoms with Crippen molar-refractivity contribution in [3.8, 4) is 5.69 Å². The van der Waals surface area contributed by atoms with Crippen molar-refractivity contribution >= 4 is 12.1 Å². The summed E-state index contributed by atoms with van der Waals surface area (Å²) in [7, 11) is 0. The molecule has 1 amide bonds. The molecule has 34 heavy (non-hydrogen) atoms. The van der Waals surface area contributed by atoms with Crippen LogP contribution in [0.3, 0.4) is 0 Å². The smallest absolute Gasteiger partial charge is 0.281 e. The van der Waals surface area contributed by atoms with Crippen molar-refractivity contribution in [2.45, 2.75) is 33.3 Å². The van der Waals surface area contributed by atoms with Gasteiger partial charge in [0.15, 0.2) is 5.60 Å². The van der Waals surface area contributed by atoms with E-state index in [4.69, 9.17) is 0 Å². The second-order valence-corrected chi connectivity index (χ2v) is 8.59. The highest BCUT2D eigenvalue weighted by Gasteiger charge is 2.39. The quantitative estimate of drug-likeness (QED) is 0.316. The Morgan fingerprint density at radius 1 is 0.882 bits per heavy atom. The van der Waals surface area contributed by atoms with E-state index in [0.29, 0.717) is 11.1 Å². The second-order valence-electron chi connectivity index (χ2n) is 8.59. The van der Waals surface area contributed by atoms with Gasteiger partial charge in [-0.2, -0.15) is 5.10 Å². The van der Waals surface area contributed by atoms with Crippen LogP contribution in [0.5, 0.6) is 0 Å². The van der Waals surface area contributed by atoms with E-state index in [9.17, 15) is 9.90 Å². The number of hydrogen-bond donors (Lipinski definition) is 2. The van der Waals surface area contributed by atoms with Gasteiger partial charge >= 0.3 is 0 Å². The first kappa shape index (κ1) is 23.2. The minimum absolute atomic E-state index is 0.474. The van der Waals surface area contributed by atoms with E-state index in [2.05, 4.69) is 47.1 Å². The monoisotopic (exact) mass is 451 g/mol. The molecule has 4 rings (SSSR count). The summed E-state index contributed by atoms with van der Waals surface area (Å²) in [4.78, 5) is 13.2. The number of hydrogen-bond acceptors (Lipinski definition) is 3. The molecule has 0 aliphatic heterocycles. The molecule has 172 valence electrons. The van der Waals surface area contributed by atoms with Gasteiger partial charge in [0.25, 0.3) is 5.91 Å². The standard InChI is InChI=1S/C29H29N3O2/c1-20-15-16-21(2)27(17-20)32-22(3)18-24(23(32)4)19-30-31-28(33)29(34,25-11-7-5-8-12-25)26-13-9-6-10-14-26/h5-19,34H,1-4H3,(H,31,33)/b30-19+. The fourth-order valence-electron chi connectivity index (χ4n) is 4.28. The third-order valence-corrected chi connectivity index (χ3v) is 6.16. The van der Waals surface area contributed by atoms with Crippen molar-refractivity contribution in [2.75, 3.05) is 0 Å². The first-order valence-corrected chi connectivity index (χ1v) is 11.3. The number of nitrogens with zero attached hydrogens (tertiary/aromatic N) is 2. The van der Waals surface area contributed by atoms with Gasteiger partial charge in [0, 0.05) is 22.6 Å². The van der Waals surface area contributed by atoms with E-state index in [1.54, 1.807) is 54.7 Å². The van der Waals surface area contributed by atoms with Crippen molar-refractivity contribution in [3.05, 3.63) is 124 Å². The Hall–Kier alpha value is -3.96. The fourth-order valence-corrected chi connectivity index (χ4v) is 4.28. The lowest BCUT2D eigenvalue weighted by Crippen LogP contribution is -2.43. The van der Waals surface area contributed by atoms with Gasteiger partial charge in [0.2, 0.25) is 0 Å². The number of benzene rings is 3. The lowest BCUT2D eigenvalue weighted by atomic mass is 9.85. The van der Waals surface area contributed by atoms with E-state index < -0.39 is 11.5 Å². The first-order valence-electron chi connectivity index (χ1n) is 11.3. The maximum Gasteiger partial charge on any atom is 0.281 e. The number of rotatable bonds is 6. The lowest BCUT2D eigenvalue weighted by Gasteiger charge is -2.27. The van der Waals surface area contributed by atoms with Gasteiger partial charge in [-0.1, -0.05) is 72.8 Å². The molecule has 0 saturated carbocycles. The number of aromatic nitrogens is 1. The zero-order valence-electron chi connectivity index (χ0n) is 19.9. The van der Waals surface area contributed by atoms with Gasteiger partial charge in [0.05, 0.1) is 6.21 Å². The molecule has 0 aliphatic carbocycles. The zero-order valence-corrected chi connectivity index (χ0v) is 19.9. The number of aryl methyl sites for hydroxylation is 3. The number of carbonyl (C=O) groups excluding carboxylic acids is 1. The van der Waals surface area contributed by atoms with Gasteiger partial charge < -0.3 is 9.67 Å². The van der Waals surface area contributed by atoms with Crippen LogP contribution in [0.2, 0.25) is 0 Å². The van der Waals surface area contributed by atoms with E-state index in [0.717, 1.165) is 22.6 Å². The van der Waals surface area contributed by atoms with Crippen molar-refractivity contribution in [1.82, 2.24) is 9.99 Å². The molecule has 1 heterocycles. The molecular weight excluding hydrogens is 422 g/mol. The summed E-state index contributed by atoms with van der Waals surface area (Å²) in [5.41, 5.74) is 8.12. The molecule has 5 nitrogen and oxygen atoms in total. The Morgan fingerprint density at radius 2 is 1.47 bits per heavy atom. The van der Waals surface area contributed by atoms with Gasteiger partial charge in [-0.3, -0.25) is 4.79 Å². The van der Waals surface area contributed by atoms with Gasteiger partial charge in [-0.25, -0.2) is 5.43 Å². The van der Waals surface area contributed by atoms with Crippen LogP contribution in [-0.2, 0) is 10.4 Å². The van der Waals surface area contributed by atoms with E-state index >= 15 is 0 Å². The third-order valence-electron chi connectivity index (χ3n) is 6.16. The van der Waals surface area contributed by atoms with Crippen molar-refractivity contribution in [2.24, 2.45) is 5.10 Å². The molecule has 3 aromatic carbocycles. The molecule has 5 heteroatoms. The van der Waals surface area contributed by atoms with Crippen molar-refractivity contribution in [3.63, 3.8) is 0 Å². The summed E-state index contributed by atoms with van der Waals surface area (Å²) in [6.07, 6.45) is 1.62. The van der Waals surface area contributed by atoms with Crippen LogP contribution >= 0.6 is 0 Å².